The summed E-state index contributed by atoms with van der Waals surface area (Å²) in [5.74, 6) is 0.838. The topological polar surface area (TPSA) is 65.9 Å². The zero-order valence-electron chi connectivity index (χ0n) is 16.0. The summed E-state index contributed by atoms with van der Waals surface area (Å²) in [5, 5.41) is 17.0. The number of aliphatic hydroxyl groups excluding tert-OH is 1. The van der Waals surface area contributed by atoms with Crippen LogP contribution in [-0.2, 0) is 10.2 Å². The molecular formula is C20H31ClIN3O2. The average molecular weight is 508 g/mol. The fourth-order valence-corrected chi connectivity index (χ4v) is 3.86. The number of halogens is 2. The molecule has 1 aromatic rings. The summed E-state index contributed by atoms with van der Waals surface area (Å²) in [6, 6.07) is 8.18. The van der Waals surface area contributed by atoms with Gasteiger partial charge in [-0.15, -0.1) is 24.0 Å². The van der Waals surface area contributed by atoms with E-state index in [-0.39, 0.29) is 41.4 Å². The Labute approximate surface area is 184 Å². The molecule has 2 aliphatic rings. The number of hydrogen-bond acceptors (Lipinski definition) is 3. The van der Waals surface area contributed by atoms with Crippen LogP contribution in [0.25, 0.3) is 0 Å². The fourth-order valence-electron chi connectivity index (χ4n) is 3.67. The molecule has 7 heteroatoms. The van der Waals surface area contributed by atoms with Gasteiger partial charge in [-0.05, 0) is 50.3 Å². The predicted octanol–water partition coefficient (Wildman–Crippen LogP) is 3.33. The zero-order chi connectivity index (χ0) is 18.5. The Bertz CT molecular complexity index is 631. The Hall–Kier alpha value is -0.570. The lowest BCUT2D eigenvalue weighted by molar-refractivity contribution is 0.131. The highest BCUT2D eigenvalue weighted by Gasteiger charge is 2.44. The van der Waals surface area contributed by atoms with Crippen LogP contribution in [0.15, 0.2) is 29.3 Å². The van der Waals surface area contributed by atoms with E-state index in [0.29, 0.717) is 13.2 Å². The number of hydrogen-bond donors (Lipinski definition) is 3. The van der Waals surface area contributed by atoms with Crippen molar-refractivity contribution in [3.8, 4) is 0 Å². The van der Waals surface area contributed by atoms with Crippen LogP contribution in [0.1, 0.15) is 38.2 Å². The molecular weight excluding hydrogens is 477 g/mol. The van der Waals surface area contributed by atoms with Crippen LogP contribution in [0.3, 0.4) is 0 Å². The average Bonchev–Trinajstić information content (AvgIpc) is 3.30. The maximum atomic E-state index is 9.38. The van der Waals surface area contributed by atoms with Crippen LogP contribution in [0.5, 0.6) is 0 Å². The standard InChI is InChI=1S/C20H30ClN3O2.HI/c1-2-22-18(23-13-19(8-10-25)9-11-26-15-19)24-14-20(6-7-20)16-4-3-5-17(21)12-16;/h3-5,12,25H,2,6-11,13-15H2,1H3,(H2,22,23,24);1H. The molecule has 27 heavy (non-hydrogen) atoms. The van der Waals surface area contributed by atoms with Gasteiger partial charge in [0.05, 0.1) is 13.2 Å². The maximum Gasteiger partial charge on any atom is 0.191 e. The van der Waals surface area contributed by atoms with Gasteiger partial charge in [-0.2, -0.15) is 0 Å². The monoisotopic (exact) mass is 507 g/mol. The second-order valence-electron chi connectivity index (χ2n) is 7.62. The number of rotatable bonds is 8. The number of nitrogens with zero attached hydrogens (tertiary/aromatic N) is 1. The van der Waals surface area contributed by atoms with Crippen molar-refractivity contribution in [2.45, 2.75) is 38.0 Å². The molecule has 2 fully saturated rings. The molecule has 3 N–H and O–H groups in total. The first-order chi connectivity index (χ1) is 12.6. The van der Waals surface area contributed by atoms with Gasteiger partial charge in [0.25, 0.3) is 0 Å². The van der Waals surface area contributed by atoms with Gasteiger partial charge in [-0.1, -0.05) is 23.7 Å². The van der Waals surface area contributed by atoms with Gasteiger partial charge >= 0.3 is 0 Å². The first-order valence-corrected chi connectivity index (χ1v) is 9.96. The molecule has 0 aromatic heterocycles. The van der Waals surface area contributed by atoms with Gasteiger partial charge in [-0.25, -0.2) is 0 Å². The van der Waals surface area contributed by atoms with Crippen molar-refractivity contribution >= 4 is 41.5 Å². The van der Waals surface area contributed by atoms with Crippen molar-refractivity contribution in [1.29, 1.82) is 0 Å². The molecule has 152 valence electrons. The molecule has 1 atom stereocenters. The van der Waals surface area contributed by atoms with Gasteiger partial charge in [0.2, 0.25) is 0 Å². The molecule has 5 nitrogen and oxygen atoms in total. The van der Waals surface area contributed by atoms with E-state index >= 15 is 0 Å². The van der Waals surface area contributed by atoms with Crippen molar-refractivity contribution in [3.63, 3.8) is 0 Å². The molecule has 1 saturated carbocycles. The van der Waals surface area contributed by atoms with E-state index in [9.17, 15) is 5.11 Å². The van der Waals surface area contributed by atoms with E-state index in [1.165, 1.54) is 18.4 Å². The Morgan fingerprint density at radius 3 is 2.70 bits per heavy atom. The molecule has 0 radical (unpaired) electrons. The number of ether oxygens (including phenoxy) is 1. The molecule has 1 unspecified atom stereocenters. The SMILES string of the molecule is CCNC(=NCC1(CCO)CCOC1)NCC1(c2cccc(Cl)c2)CC1.I. The number of guanidine groups is 1. The van der Waals surface area contributed by atoms with E-state index < -0.39 is 0 Å². The largest absolute Gasteiger partial charge is 0.396 e. The van der Waals surface area contributed by atoms with E-state index in [1.807, 2.05) is 12.1 Å². The predicted molar refractivity (Wildman–Crippen MR) is 121 cm³/mol. The Morgan fingerprint density at radius 2 is 2.11 bits per heavy atom. The van der Waals surface area contributed by atoms with E-state index in [1.54, 1.807) is 0 Å². The molecule has 0 amide bonds. The zero-order valence-corrected chi connectivity index (χ0v) is 19.1. The number of nitrogens with one attached hydrogen (secondary N) is 2. The lowest BCUT2D eigenvalue weighted by Crippen LogP contribution is -2.42. The van der Waals surface area contributed by atoms with Crippen LogP contribution in [0.2, 0.25) is 5.02 Å². The van der Waals surface area contributed by atoms with Crippen LogP contribution in [0, 0.1) is 5.41 Å². The molecule has 1 heterocycles. The highest BCUT2D eigenvalue weighted by molar-refractivity contribution is 14.0. The summed E-state index contributed by atoms with van der Waals surface area (Å²) in [4.78, 5) is 4.81. The summed E-state index contributed by atoms with van der Waals surface area (Å²) in [6.07, 6.45) is 4.04. The molecule has 1 aliphatic carbocycles. The summed E-state index contributed by atoms with van der Waals surface area (Å²) >= 11 is 6.17. The maximum absolute atomic E-state index is 9.38. The number of benzene rings is 1. The van der Waals surface area contributed by atoms with Gasteiger partial charge in [0.1, 0.15) is 0 Å². The first-order valence-electron chi connectivity index (χ1n) is 9.58. The number of aliphatic imine (C=N–C) groups is 1. The third-order valence-corrected chi connectivity index (χ3v) is 5.86. The van der Waals surface area contributed by atoms with Gasteiger partial charge in [0, 0.05) is 42.2 Å². The Kier molecular flexibility index (Phi) is 8.65. The summed E-state index contributed by atoms with van der Waals surface area (Å²) in [7, 11) is 0. The second-order valence-corrected chi connectivity index (χ2v) is 8.05. The third-order valence-electron chi connectivity index (χ3n) is 5.63. The second kappa shape index (κ2) is 10.3. The molecule has 0 bridgehead atoms. The van der Waals surface area contributed by atoms with Crippen molar-refractivity contribution in [2.24, 2.45) is 10.4 Å². The Morgan fingerprint density at radius 1 is 1.30 bits per heavy atom. The highest BCUT2D eigenvalue weighted by Crippen LogP contribution is 2.48. The smallest absolute Gasteiger partial charge is 0.191 e. The fraction of sp³-hybridized carbons (Fsp3) is 0.650. The minimum absolute atomic E-state index is 0. The highest BCUT2D eigenvalue weighted by atomic mass is 127. The first kappa shape index (κ1) is 22.7. The summed E-state index contributed by atoms with van der Waals surface area (Å²) < 4.78 is 5.56. The van der Waals surface area contributed by atoms with Gasteiger partial charge in [0.15, 0.2) is 5.96 Å². The number of aliphatic hydroxyl groups is 1. The lowest BCUT2D eigenvalue weighted by Gasteiger charge is -2.25. The van der Waals surface area contributed by atoms with Crippen molar-refractivity contribution < 1.29 is 9.84 Å². The molecule has 1 saturated heterocycles. The molecule has 1 aliphatic heterocycles. The van der Waals surface area contributed by atoms with E-state index in [4.69, 9.17) is 21.3 Å². The van der Waals surface area contributed by atoms with Gasteiger partial charge < -0.3 is 20.5 Å². The van der Waals surface area contributed by atoms with E-state index in [2.05, 4.69) is 29.7 Å². The van der Waals surface area contributed by atoms with Gasteiger partial charge in [-0.3, -0.25) is 4.99 Å². The minimum atomic E-state index is -0.0265. The summed E-state index contributed by atoms with van der Waals surface area (Å²) in [5.41, 5.74) is 1.44. The van der Waals surface area contributed by atoms with Crippen molar-refractivity contribution in [1.82, 2.24) is 10.6 Å². The molecule has 3 rings (SSSR count). The normalized spacial score (nSPS) is 23.6. The van der Waals surface area contributed by atoms with Crippen LogP contribution in [0.4, 0.5) is 0 Å². The van der Waals surface area contributed by atoms with Crippen molar-refractivity contribution in [2.75, 3.05) is 39.5 Å². The van der Waals surface area contributed by atoms with Crippen LogP contribution >= 0.6 is 35.6 Å². The third kappa shape index (κ3) is 5.95. The molecule has 0 spiro atoms. The Balaban J connectivity index is 0.00000261. The minimum Gasteiger partial charge on any atom is -0.396 e. The van der Waals surface area contributed by atoms with Crippen LogP contribution < -0.4 is 10.6 Å². The molecule has 1 aromatic carbocycles. The quantitative estimate of drug-likeness (QED) is 0.287. The van der Waals surface area contributed by atoms with Crippen LogP contribution in [-0.4, -0.2) is 50.5 Å². The summed E-state index contributed by atoms with van der Waals surface area (Å²) in [6.45, 7) is 6.04. The lowest BCUT2D eigenvalue weighted by atomic mass is 9.84. The van der Waals surface area contributed by atoms with Crippen molar-refractivity contribution in [3.05, 3.63) is 34.9 Å². The van der Waals surface area contributed by atoms with E-state index in [0.717, 1.165) is 43.5 Å².